The van der Waals surface area contributed by atoms with Crippen molar-refractivity contribution in [1.82, 2.24) is 0 Å². The highest BCUT2D eigenvalue weighted by molar-refractivity contribution is 7.47. The van der Waals surface area contributed by atoms with E-state index in [2.05, 4.69) is 41.5 Å². The van der Waals surface area contributed by atoms with Crippen molar-refractivity contribution < 1.29 is 80.2 Å². The van der Waals surface area contributed by atoms with Crippen molar-refractivity contribution in [2.45, 2.75) is 458 Å². The molecule has 4 unspecified atom stereocenters. The molecule has 0 spiro atoms. The van der Waals surface area contributed by atoms with E-state index in [0.29, 0.717) is 25.7 Å². The minimum Gasteiger partial charge on any atom is -0.462 e. The molecule has 0 heterocycles. The molecule has 7 atom stereocenters. The summed E-state index contributed by atoms with van der Waals surface area (Å²) in [6.07, 6.45) is 65.2. The molecule has 3 N–H and O–H groups in total. The minimum atomic E-state index is -4.96. The lowest BCUT2D eigenvalue weighted by Crippen LogP contribution is -2.30. The fourth-order valence-corrected chi connectivity index (χ4v) is 14.4. The molecule has 0 bridgehead atoms. The molecule has 606 valence electrons. The van der Waals surface area contributed by atoms with Crippen LogP contribution < -0.4 is 0 Å². The topological polar surface area (TPSA) is 237 Å². The van der Waals surface area contributed by atoms with Crippen LogP contribution in [0.15, 0.2) is 0 Å². The van der Waals surface area contributed by atoms with Crippen LogP contribution >= 0.6 is 15.6 Å². The molecule has 0 fully saturated rings. The number of unbranched alkanes of at least 4 members (excludes halogenated alkanes) is 50. The monoisotopic (exact) mass is 1490 g/mol. The number of phosphoric ester groups is 2. The average molecular weight is 1490 g/mol. The first-order chi connectivity index (χ1) is 49.4. The predicted octanol–water partition coefficient (Wildman–Crippen LogP) is 25.1. The summed E-state index contributed by atoms with van der Waals surface area (Å²) in [5.74, 6) is -0.561. The first-order valence-corrected chi connectivity index (χ1v) is 46.1. The van der Waals surface area contributed by atoms with Crippen molar-refractivity contribution in [3.8, 4) is 0 Å². The molecule has 0 rings (SSSR count). The van der Waals surface area contributed by atoms with Crippen LogP contribution in [0.5, 0.6) is 0 Å². The van der Waals surface area contributed by atoms with Crippen LogP contribution in [0.3, 0.4) is 0 Å². The van der Waals surface area contributed by atoms with Gasteiger partial charge < -0.3 is 33.8 Å². The van der Waals surface area contributed by atoms with Gasteiger partial charge in [-0.25, -0.2) is 9.13 Å². The molecule has 0 radical (unpaired) electrons. The summed E-state index contributed by atoms with van der Waals surface area (Å²) in [5, 5.41) is 10.7. The lowest BCUT2D eigenvalue weighted by molar-refractivity contribution is -0.161. The Kier molecular flexibility index (Phi) is 73.1. The number of ether oxygens (including phenoxy) is 4. The second-order valence-corrected chi connectivity index (χ2v) is 33.3. The summed E-state index contributed by atoms with van der Waals surface area (Å²) < 4.78 is 68.8. The molecule has 102 heavy (non-hydrogen) atoms. The lowest BCUT2D eigenvalue weighted by atomic mass is 9.99. The van der Waals surface area contributed by atoms with E-state index in [4.69, 9.17) is 37.0 Å². The normalized spacial score (nSPS) is 14.4. The van der Waals surface area contributed by atoms with Crippen molar-refractivity contribution in [3.05, 3.63) is 0 Å². The molecular formula is C83H162O17P2. The van der Waals surface area contributed by atoms with Crippen molar-refractivity contribution in [2.75, 3.05) is 39.6 Å². The molecule has 0 aromatic carbocycles. The molecule has 0 aromatic heterocycles. The van der Waals surface area contributed by atoms with Crippen LogP contribution in [0.1, 0.15) is 440 Å². The Balaban J connectivity index is 5.24. The Morgan fingerprint density at radius 2 is 0.471 bits per heavy atom. The van der Waals surface area contributed by atoms with E-state index < -0.39 is 97.5 Å². The molecule has 0 aliphatic carbocycles. The number of carbonyl (C=O) groups excluding carboxylic acids is 4. The number of aliphatic hydroxyl groups excluding tert-OH is 1. The molecule has 19 heteroatoms. The maximum absolute atomic E-state index is 13.1. The standard InChI is InChI=1S/C83H162O17P2/c1-7-11-13-15-17-19-21-23-25-27-29-30-32-34-36-38-40-49-55-61-67-82(87)99-78(71-93-80(85)65-59-53-47-39-37-35-33-31-28-26-24-22-20-18-16-14-12-8-2)73-97-101(89,90)95-69-77(84)70-96-102(91,92)98-74-79(100-83(88)68-62-56-50-44-42-46-52-58-64-76(6)10-4)72-94-81(86)66-60-54-48-43-41-45-51-57-63-75(5)9-3/h75-79,84H,7-74H2,1-6H3,(H,89,90)(H,91,92)/t75?,76?,77-,78-,79-/m1/s1. The molecule has 0 aromatic rings. The van der Waals surface area contributed by atoms with Gasteiger partial charge in [-0.1, -0.05) is 388 Å². The van der Waals surface area contributed by atoms with E-state index in [1.54, 1.807) is 0 Å². The maximum Gasteiger partial charge on any atom is 0.472 e. The number of esters is 4. The van der Waals surface area contributed by atoms with Gasteiger partial charge in [0.15, 0.2) is 12.2 Å². The predicted molar refractivity (Wildman–Crippen MR) is 418 cm³/mol. The van der Waals surface area contributed by atoms with E-state index >= 15 is 0 Å². The van der Waals surface area contributed by atoms with Crippen LogP contribution in [0.4, 0.5) is 0 Å². The Morgan fingerprint density at radius 1 is 0.275 bits per heavy atom. The van der Waals surface area contributed by atoms with Crippen molar-refractivity contribution in [2.24, 2.45) is 11.8 Å². The van der Waals surface area contributed by atoms with Crippen LogP contribution in [-0.2, 0) is 65.4 Å². The number of aliphatic hydroxyl groups is 1. The molecule has 0 saturated carbocycles. The third-order valence-corrected chi connectivity index (χ3v) is 22.1. The number of phosphoric acid groups is 2. The second-order valence-electron chi connectivity index (χ2n) is 30.4. The highest BCUT2D eigenvalue weighted by Crippen LogP contribution is 2.45. The number of hydrogen-bond donors (Lipinski definition) is 3. The second kappa shape index (κ2) is 74.5. The highest BCUT2D eigenvalue weighted by Gasteiger charge is 2.30. The van der Waals surface area contributed by atoms with Gasteiger partial charge in [-0.2, -0.15) is 0 Å². The van der Waals surface area contributed by atoms with E-state index in [0.717, 1.165) is 102 Å². The van der Waals surface area contributed by atoms with Gasteiger partial charge in [-0.15, -0.1) is 0 Å². The summed E-state index contributed by atoms with van der Waals surface area (Å²) >= 11 is 0. The van der Waals surface area contributed by atoms with Gasteiger partial charge in [0.05, 0.1) is 26.4 Å². The minimum absolute atomic E-state index is 0.105. The SMILES string of the molecule is CCCCCCCCCCCCCCCCCCCCCCC(=O)O[C@H](COC(=O)CCCCCCCCCCCCCCCCCCCC)COP(=O)(O)OC[C@@H](O)COP(=O)(O)OC[C@@H](COC(=O)CCCCCCCCCCC(C)CC)OC(=O)CCCCCCCCCCC(C)CC. The molecule has 0 amide bonds. The third kappa shape index (κ3) is 73.6. The van der Waals surface area contributed by atoms with Gasteiger partial charge in [0.25, 0.3) is 0 Å². The van der Waals surface area contributed by atoms with Gasteiger partial charge in [0, 0.05) is 25.7 Å². The van der Waals surface area contributed by atoms with Gasteiger partial charge in [-0.05, 0) is 37.5 Å². The van der Waals surface area contributed by atoms with Gasteiger partial charge >= 0.3 is 39.5 Å². The summed E-state index contributed by atoms with van der Waals surface area (Å²) in [5.41, 5.74) is 0. The first-order valence-electron chi connectivity index (χ1n) is 43.1. The molecule has 0 aliphatic heterocycles. The lowest BCUT2D eigenvalue weighted by Gasteiger charge is -2.21. The summed E-state index contributed by atoms with van der Waals surface area (Å²) in [6.45, 7) is 9.64. The van der Waals surface area contributed by atoms with Crippen LogP contribution in [0, 0.1) is 11.8 Å². The Bertz CT molecular complexity index is 1960. The third-order valence-electron chi connectivity index (χ3n) is 20.2. The van der Waals surface area contributed by atoms with E-state index in [1.807, 2.05) is 0 Å². The Hall–Kier alpha value is -1.94. The van der Waals surface area contributed by atoms with Crippen LogP contribution in [0.25, 0.3) is 0 Å². The highest BCUT2D eigenvalue weighted by atomic mass is 31.2. The van der Waals surface area contributed by atoms with Crippen molar-refractivity contribution >= 4 is 39.5 Å². The summed E-state index contributed by atoms with van der Waals surface area (Å²) in [6, 6.07) is 0. The molecule has 17 nitrogen and oxygen atoms in total. The quantitative estimate of drug-likeness (QED) is 0.0222. The van der Waals surface area contributed by atoms with Crippen LogP contribution in [0.2, 0.25) is 0 Å². The zero-order valence-corrected chi connectivity index (χ0v) is 68.7. The fourth-order valence-electron chi connectivity index (χ4n) is 12.8. The Labute approximate surface area is 626 Å². The molecule has 0 aliphatic rings. The summed E-state index contributed by atoms with van der Waals surface area (Å²) in [4.78, 5) is 73.1. The number of hydrogen-bond acceptors (Lipinski definition) is 15. The number of carbonyl (C=O) groups is 4. The van der Waals surface area contributed by atoms with Crippen molar-refractivity contribution in [1.29, 1.82) is 0 Å². The van der Waals surface area contributed by atoms with E-state index in [9.17, 15) is 43.2 Å². The zero-order chi connectivity index (χ0) is 74.9. The fraction of sp³-hybridized carbons (Fsp3) is 0.952. The van der Waals surface area contributed by atoms with E-state index in [1.165, 1.54) is 257 Å². The van der Waals surface area contributed by atoms with Gasteiger partial charge in [0.1, 0.15) is 19.3 Å². The number of rotatable bonds is 82. The van der Waals surface area contributed by atoms with E-state index in [-0.39, 0.29) is 25.7 Å². The van der Waals surface area contributed by atoms with Crippen LogP contribution in [-0.4, -0.2) is 96.7 Å². The largest absolute Gasteiger partial charge is 0.472 e. The van der Waals surface area contributed by atoms with Gasteiger partial charge in [-0.3, -0.25) is 37.3 Å². The van der Waals surface area contributed by atoms with Crippen molar-refractivity contribution in [3.63, 3.8) is 0 Å². The summed E-state index contributed by atoms with van der Waals surface area (Å²) in [7, 11) is -9.92. The van der Waals surface area contributed by atoms with Gasteiger partial charge in [0.2, 0.25) is 0 Å². The Morgan fingerprint density at radius 3 is 0.696 bits per heavy atom. The molecule has 0 saturated heterocycles. The smallest absolute Gasteiger partial charge is 0.462 e. The zero-order valence-electron chi connectivity index (χ0n) is 66.9. The average Bonchev–Trinajstić information content (AvgIpc) is 1.05. The maximum atomic E-state index is 13.1. The first kappa shape index (κ1) is 100. The molecular weight excluding hydrogens is 1330 g/mol.